The van der Waals surface area contributed by atoms with Crippen LogP contribution in [-0.4, -0.2) is 45.5 Å². The van der Waals surface area contributed by atoms with Gasteiger partial charge in [-0.15, -0.1) is 5.10 Å². The van der Waals surface area contributed by atoms with Crippen LogP contribution in [0.15, 0.2) is 66.0 Å². The van der Waals surface area contributed by atoms with Gasteiger partial charge in [0.1, 0.15) is 29.8 Å². The second-order valence-corrected chi connectivity index (χ2v) is 7.75. The highest BCUT2D eigenvalue weighted by Crippen LogP contribution is 2.26. The van der Waals surface area contributed by atoms with Crippen LogP contribution in [0.25, 0.3) is 28.2 Å². The van der Waals surface area contributed by atoms with Crippen molar-refractivity contribution in [3.05, 3.63) is 77.1 Å². The number of aryl methyl sites for hydroxylation is 1. The quantitative estimate of drug-likeness (QED) is 0.382. The van der Waals surface area contributed by atoms with Crippen LogP contribution < -0.4 is 10.3 Å². The molecule has 0 amide bonds. The molecule has 0 saturated carbocycles. The first-order chi connectivity index (χ1) is 16.5. The summed E-state index contributed by atoms with van der Waals surface area (Å²) in [6, 6.07) is 15.0. The van der Waals surface area contributed by atoms with Gasteiger partial charge in [-0.2, -0.15) is 10.4 Å². The molecular formula is C23H19N9O2. The zero-order chi connectivity index (χ0) is 23.7. The summed E-state index contributed by atoms with van der Waals surface area (Å²) >= 11 is 0. The van der Waals surface area contributed by atoms with Crippen LogP contribution in [0.2, 0.25) is 0 Å². The molecular weight excluding hydrogens is 434 g/mol. The number of nitriles is 1. The summed E-state index contributed by atoms with van der Waals surface area (Å²) in [5, 5.41) is 25.4. The molecule has 4 heterocycles. The Balaban J connectivity index is 1.49. The maximum Gasteiger partial charge on any atom is 0.268 e. The lowest BCUT2D eigenvalue weighted by Crippen LogP contribution is -2.20. The van der Waals surface area contributed by atoms with Gasteiger partial charge < -0.3 is 9.30 Å². The lowest BCUT2D eigenvalue weighted by molar-refractivity contribution is 0.193. The molecule has 0 unspecified atom stereocenters. The smallest absolute Gasteiger partial charge is 0.268 e. The Hall–Kier alpha value is -4.85. The summed E-state index contributed by atoms with van der Waals surface area (Å²) in [4.78, 5) is 16.8. The maximum atomic E-state index is 12.4. The summed E-state index contributed by atoms with van der Waals surface area (Å²) in [7, 11) is 1.61. The Kier molecular flexibility index (Phi) is 5.31. The number of nitrogens with zero attached hydrogens (tertiary/aromatic N) is 9. The molecule has 4 aromatic heterocycles. The molecule has 0 aliphatic heterocycles. The van der Waals surface area contributed by atoms with E-state index in [9.17, 15) is 10.1 Å². The highest BCUT2D eigenvalue weighted by molar-refractivity contribution is 5.70. The molecule has 11 nitrogen and oxygen atoms in total. The van der Waals surface area contributed by atoms with E-state index in [4.69, 9.17) is 9.84 Å². The topological polar surface area (TPSA) is 129 Å². The number of ether oxygens (including phenoxy) is 1. The Morgan fingerprint density at radius 2 is 2.09 bits per heavy atom. The number of rotatable bonds is 6. The van der Waals surface area contributed by atoms with Crippen molar-refractivity contribution in [2.45, 2.75) is 19.6 Å². The first-order valence-electron chi connectivity index (χ1n) is 10.5. The molecule has 5 aromatic rings. The molecule has 5 rings (SSSR count). The van der Waals surface area contributed by atoms with Crippen LogP contribution in [0.4, 0.5) is 0 Å². The van der Waals surface area contributed by atoms with Crippen LogP contribution in [0.3, 0.4) is 0 Å². The van der Waals surface area contributed by atoms with Gasteiger partial charge in [0.2, 0.25) is 0 Å². The molecule has 0 spiro atoms. The summed E-state index contributed by atoms with van der Waals surface area (Å²) in [6.07, 6.45) is 4.62. The van der Waals surface area contributed by atoms with Crippen molar-refractivity contribution in [2.24, 2.45) is 7.05 Å². The summed E-state index contributed by atoms with van der Waals surface area (Å²) < 4.78 is 10.7. The number of imidazole rings is 1. The zero-order valence-corrected chi connectivity index (χ0v) is 18.4. The standard InChI is InChI=1S/C23H19N9O2/c1-15(13-31-14-26-28-29-31)34-17-5-3-4-16(10-17)20-6-7-22-25-12-21(32(22)27-20)18-8-9-30(2)23(33)19(18)11-24/h3-10,12,14-15H,13H2,1-2H3/t15-/m0/s1. The summed E-state index contributed by atoms with van der Waals surface area (Å²) in [5.74, 6) is 0.684. The molecule has 0 bridgehead atoms. The minimum Gasteiger partial charge on any atom is -0.489 e. The molecule has 0 saturated heterocycles. The number of hydrogen-bond acceptors (Lipinski definition) is 8. The van der Waals surface area contributed by atoms with Crippen LogP contribution in [0, 0.1) is 11.3 Å². The normalized spacial score (nSPS) is 11.9. The van der Waals surface area contributed by atoms with Gasteiger partial charge in [-0.3, -0.25) is 4.79 Å². The summed E-state index contributed by atoms with van der Waals surface area (Å²) in [6.45, 7) is 2.45. The van der Waals surface area contributed by atoms with Crippen molar-refractivity contribution in [2.75, 3.05) is 0 Å². The van der Waals surface area contributed by atoms with E-state index in [-0.39, 0.29) is 17.2 Å². The number of pyridine rings is 1. The third kappa shape index (κ3) is 3.88. The largest absolute Gasteiger partial charge is 0.489 e. The molecule has 0 aliphatic rings. The Bertz CT molecular complexity index is 1580. The number of hydrogen-bond donors (Lipinski definition) is 0. The zero-order valence-electron chi connectivity index (χ0n) is 18.4. The molecule has 0 fully saturated rings. The minimum absolute atomic E-state index is 0.0472. The Morgan fingerprint density at radius 3 is 2.88 bits per heavy atom. The van der Waals surface area contributed by atoms with Gasteiger partial charge in [0.25, 0.3) is 5.56 Å². The van der Waals surface area contributed by atoms with E-state index in [2.05, 4.69) is 20.5 Å². The van der Waals surface area contributed by atoms with E-state index in [0.717, 1.165) is 5.56 Å². The highest BCUT2D eigenvalue weighted by Gasteiger charge is 2.16. The van der Waals surface area contributed by atoms with E-state index in [0.29, 0.717) is 34.9 Å². The minimum atomic E-state index is -0.369. The van der Waals surface area contributed by atoms with E-state index in [1.165, 1.54) is 4.57 Å². The van der Waals surface area contributed by atoms with Crippen molar-refractivity contribution < 1.29 is 4.74 Å². The number of fused-ring (bicyclic) bond motifs is 1. The molecule has 1 aromatic carbocycles. The van der Waals surface area contributed by atoms with Crippen LogP contribution in [0.1, 0.15) is 12.5 Å². The Morgan fingerprint density at radius 1 is 1.21 bits per heavy atom. The molecule has 1 atom stereocenters. The molecule has 0 aliphatic carbocycles. The van der Waals surface area contributed by atoms with Gasteiger partial charge in [0, 0.05) is 24.4 Å². The van der Waals surface area contributed by atoms with Crippen LogP contribution >= 0.6 is 0 Å². The van der Waals surface area contributed by atoms with Crippen molar-refractivity contribution in [3.63, 3.8) is 0 Å². The van der Waals surface area contributed by atoms with E-state index >= 15 is 0 Å². The van der Waals surface area contributed by atoms with E-state index < -0.39 is 0 Å². The third-order valence-corrected chi connectivity index (χ3v) is 5.32. The lowest BCUT2D eigenvalue weighted by Gasteiger charge is -2.15. The number of tetrazole rings is 1. The SMILES string of the molecule is C[C@@H](Cn1cnnn1)Oc1cccc(-c2ccc3ncc(-c4ccn(C)c(=O)c4C#N)n3n2)c1. The molecule has 34 heavy (non-hydrogen) atoms. The average molecular weight is 453 g/mol. The van der Waals surface area contributed by atoms with Gasteiger partial charge in [0.15, 0.2) is 5.65 Å². The van der Waals surface area contributed by atoms with Crippen molar-refractivity contribution in [1.29, 1.82) is 5.26 Å². The molecule has 0 radical (unpaired) electrons. The van der Waals surface area contributed by atoms with Gasteiger partial charge in [0.05, 0.1) is 24.1 Å². The van der Waals surface area contributed by atoms with Crippen LogP contribution in [-0.2, 0) is 13.6 Å². The van der Waals surface area contributed by atoms with Crippen molar-refractivity contribution in [1.82, 2.24) is 39.4 Å². The second-order valence-electron chi connectivity index (χ2n) is 7.75. The second kappa shape index (κ2) is 8.59. The number of aromatic nitrogens is 8. The molecule has 11 heteroatoms. The maximum absolute atomic E-state index is 12.4. The Labute approximate surface area is 193 Å². The fraction of sp³-hybridized carbons (Fsp3) is 0.174. The van der Waals surface area contributed by atoms with Crippen LogP contribution in [0.5, 0.6) is 5.75 Å². The van der Waals surface area contributed by atoms with Gasteiger partial charge >= 0.3 is 0 Å². The monoisotopic (exact) mass is 453 g/mol. The fourth-order valence-corrected chi connectivity index (χ4v) is 3.69. The first-order valence-corrected chi connectivity index (χ1v) is 10.5. The van der Waals surface area contributed by atoms with Crippen molar-refractivity contribution in [3.8, 4) is 34.3 Å². The first kappa shape index (κ1) is 21.0. The van der Waals surface area contributed by atoms with Gasteiger partial charge in [-0.1, -0.05) is 12.1 Å². The summed E-state index contributed by atoms with van der Waals surface area (Å²) in [5.41, 5.74) is 2.86. The fourth-order valence-electron chi connectivity index (χ4n) is 3.69. The molecule has 168 valence electrons. The number of benzene rings is 1. The van der Waals surface area contributed by atoms with Gasteiger partial charge in [-0.05, 0) is 47.7 Å². The lowest BCUT2D eigenvalue weighted by atomic mass is 10.1. The van der Waals surface area contributed by atoms with Gasteiger partial charge in [-0.25, -0.2) is 14.2 Å². The van der Waals surface area contributed by atoms with E-state index in [1.807, 2.05) is 49.4 Å². The predicted octanol–water partition coefficient (Wildman–Crippen LogP) is 2.09. The van der Waals surface area contributed by atoms with Crippen molar-refractivity contribution >= 4 is 5.65 Å². The highest BCUT2D eigenvalue weighted by atomic mass is 16.5. The van der Waals surface area contributed by atoms with E-state index in [1.54, 1.807) is 41.0 Å². The average Bonchev–Trinajstić information content (AvgIpc) is 3.50. The molecule has 0 N–H and O–H groups in total. The predicted molar refractivity (Wildman–Crippen MR) is 122 cm³/mol. The third-order valence-electron chi connectivity index (χ3n) is 5.32.